The van der Waals surface area contributed by atoms with E-state index in [0.29, 0.717) is 6.54 Å². The average molecular weight is 412 g/mol. The van der Waals surface area contributed by atoms with Gasteiger partial charge in [0.2, 0.25) is 0 Å². The van der Waals surface area contributed by atoms with Gasteiger partial charge in [0.15, 0.2) is 11.8 Å². The number of aromatic amines is 1. The van der Waals surface area contributed by atoms with Gasteiger partial charge in [-0.1, -0.05) is 18.2 Å². The second-order valence-electron chi connectivity index (χ2n) is 7.32. The fourth-order valence-corrected chi connectivity index (χ4v) is 3.40. The third-order valence-electron chi connectivity index (χ3n) is 5.22. The Bertz CT molecular complexity index is 973. The maximum absolute atomic E-state index is 5.42. The Kier molecular flexibility index (Phi) is 7.84. The molecule has 0 aliphatic heterocycles. The van der Waals surface area contributed by atoms with Gasteiger partial charge in [-0.3, -0.25) is 0 Å². The summed E-state index contributed by atoms with van der Waals surface area (Å²) in [6.07, 6.45) is 1.84. The van der Waals surface area contributed by atoms with Crippen molar-refractivity contribution >= 4 is 16.9 Å². The number of H-pyrrole nitrogens is 1. The second-order valence-corrected chi connectivity index (χ2v) is 7.32. The lowest BCUT2D eigenvalue weighted by atomic mass is 10.1. The van der Waals surface area contributed by atoms with Crippen LogP contribution in [0.4, 0.5) is 0 Å². The van der Waals surface area contributed by atoms with Crippen molar-refractivity contribution in [2.45, 2.75) is 40.2 Å². The quantitative estimate of drug-likeness (QED) is 0.271. The molecule has 0 radical (unpaired) electrons. The average Bonchev–Trinajstić information content (AvgIpc) is 3.24. The van der Waals surface area contributed by atoms with Crippen molar-refractivity contribution in [3.8, 4) is 0 Å². The van der Waals surface area contributed by atoms with Gasteiger partial charge in [0.05, 0.1) is 0 Å². The van der Waals surface area contributed by atoms with E-state index in [1.807, 2.05) is 25.5 Å². The molecular formula is C22H33N7O. The van der Waals surface area contributed by atoms with Crippen molar-refractivity contribution in [2.75, 3.05) is 26.3 Å². The number of para-hydroxylation sites is 1. The highest BCUT2D eigenvalue weighted by Gasteiger charge is 2.09. The van der Waals surface area contributed by atoms with E-state index in [1.54, 1.807) is 0 Å². The summed E-state index contributed by atoms with van der Waals surface area (Å²) in [5, 5.41) is 16.5. The molecule has 8 heteroatoms. The van der Waals surface area contributed by atoms with Crippen LogP contribution in [0.3, 0.4) is 0 Å². The topological polar surface area (TPSA) is 92.2 Å². The zero-order valence-electron chi connectivity index (χ0n) is 18.5. The summed E-state index contributed by atoms with van der Waals surface area (Å²) < 4.78 is 7.39. The summed E-state index contributed by atoms with van der Waals surface area (Å²) in [6.45, 7) is 9.64. The van der Waals surface area contributed by atoms with Crippen LogP contribution in [0.25, 0.3) is 10.9 Å². The van der Waals surface area contributed by atoms with Crippen LogP contribution >= 0.6 is 0 Å². The Hall–Kier alpha value is -2.87. The number of hydrogen-bond donors (Lipinski definition) is 3. The number of rotatable bonds is 10. The minimum atomic E-state index is 0.476. The van der Waals surface area contributed by atoms with E-state index in [1.165, 1.54) is 22.2 Å². The smallest absolute Gasteiger partial charge is 0.191 e. The molecule has 8 nitrogen and oxygen atoms in total. The third-order valence-corrected chi connectivity index (χ3v) is 5.22. The molecule has 0 unspecified atom stereocenters. The molecule has 0 saturated heterocycles. The first kappa shape index (κ1) is 21.8. The minimum Gasteiger partial charge on any atom is -0.382 e. The van der Waals surface area contributed by atoms with E-state index in [2.05, 4.69) is 57.0 Å². The van der Waals surface area contributed by atoms with Crippen molar-refractivity contribution < 1.29 is 4.74 Å². The number of hydrogen-bond acceptors (Lipinski definition) is 4. The maximum atomic E-state index is 5.42. The van der Waals surface area contributed by atoms with Gasteiger partial charge in [0.25, 0.3) is 0 Å². The molecule has 0 atom stereocenters. The molecule has 2 heterocycles. The third kappa shape index (κ3) is 5.60. The first-order chi connectivity index (χ1) is 14.6. The van der Waals surface area contributed by atoms with Gasteiger partial charge in [-0.15, -0.1) is 10.2 Å². The van der Waals surface area contributed by atoms with E-state index in [-0.39, 0.29) is 0 Å². The fraction of sp³-hybridized carbons (Fsp3) is 0.500. The fourth-order valence-electron chi connectivity index (χ4n) is 3.40. The van der Waals surface area contributed by atoms with Crippen molar-refractivity contribution in [1.82, 2.24) is 30.4 Å². The monoisotopic (exact) mass is 411 g/mol. The normalized spacial score (nSPS) is 11.9. The number of nitrogens with zero attached hydrogens (tertiary/aromatic N) is 4. The van der Waals surface area contributed by atoms with Gasteiger partial charge in [0, 0.05) is 49.9 Å². The van der Waals surface area contributed by atoms with Crippen LogP contribution in [0.5, 0.6) is 0 Å². The zero-order chi connectivity index (χ0) is 21.3. The summed E-state index contributed by atoms with van der Waals surface area (Å²) in [6, 6.07) is 8.44. The second kappa shape index (κ2) is 10.8. The molecule has 3 aromatic rings. The molecule has 0 aliphatic rings. The van der Waals surface area contributed by atoms with Crippen LogP contribution < -0.4 is 10.6 Å². The predicted molar refractivity (Wildman–Crippen MR) is 121 cm³/mol. The van der Waals surface area contributed by atoms with Crippen molar-refractivity contribution in [3.63, 3.8) is 0 Å². The lowest BCUT2D eigenvalue weighted by Crippen LogP contribution is -2.39. The number of benzene rings is 1. The van der Waals surface area contributed by atoms with Crippen LogP contribution in [0.2, 0.25) is 0 Å². The largest absolute Gasteiger partial charge is 0.382 e. The predicted octanol–water partition coefficient (Wildman–Crippen LogP) is 2.62. The van der Waals surface area contributed by atoms with Gasteiger partial charge < -0.3 is 24.9 Å². The summed E-state index contributed by atoms with van der Waals surface area (Å²) >= 11 is 0. The van der Waals surface area contributed by atoms with Crippen molar-refractivity contribution in [3.05, 3.63) is 47.2 Å². The summed E-state index contributed by atoms with van der Waals surface area (Å²) in [5.74, 6) is 2.51. The van der Waals surface area contributed by atoms with E-state index in [9.17, 15) is 0 Å². The molecule has 0 spiro atoms. The number of aromatic nitrogens is 4. The number of nitrogens with one attached hydrogen (secondary N) is 3. The Morgan fingerprint density at radius 3 is 2.73 bits per heavy atom. The molecule has 3 N–H and O–H groups in total. The SMILES string of the molecule is CCOCCCNC(=NCc1nnc(C)n1C)NCCc1c(C)[nH]c2ccccc12. The van der Waals surface area contributed by atoms with Crippen molar-refractivity contribution in [2.24, 2.45) is 12.0 Å². The highest BCUT2D eigenvalue weighted by molar-refractivity contribution is 5.84. The van der Waals surface area contributed by atoms with Crippen LogP contribution in [-0.2, 0) is 24.8 Å². The van der Waals surface area contributed by atoms with Gasteiger partial charge >= 0.3 is 0 Å². The number of guanidine groups is 1. The minimum absolute atomic E-state index is 0.476. The molecule has 0 amide bonds. The first-order valence-electron chi connectivity index (χ1n) is 10.6. The number of ether oxygens (including phenoxy) is 1. The molecular weight excluding hydrogens is 378 g/mol. The standard InChI is InChI=1S/C22H33N7O/c1-5-30-14-8-12-23-22(25-15-21-28-27-17(3)29(21)4)24-13-11-18-16(2)26-20-10-7-6-9-19(18)20/h6-7,9-10,26H,5,8,11-15H2,1-4H3,(H2,23,24,25). The number of fused-ring (bicyclic) bond motifs is 1. The summed E-state index contributed by atoms with van der Waals surface area (Å²) in [4.78, 5) is 8.18. The van der Waals surface area contributed by atoms with Crippen LogP contribution in [0.1, 0.15) is 36.3 Å². The van der Waals surface area contributed by atoms with E-state index in [4.69, 9.17) is 9.73 Å². The lowest BCUT2D eigenvalue weighted by molar-refractivity contribution is 0.145. The molecule has 0 bridgehead atoms. The highest BCUT2D eigenvalue weighted by Crippen LogP contribution is 2.21. The molecule has 0 saturated carbocycles. The Morgan fingerprint density at radius 2 is 1.97 bits per heavy atom. The maximum Gasteiger partial charge on any atom is 0.191 e. The number of aryl methyl sites for hydroxylation is 2. The molecule has 162 valence electrons. The van der Waals surface area contributed by atoms with Crippen LogP contribution in [0.15, 0.2) is 29.3 Å². The highest BCUT2D eigenvalue weighted by atomic mass is 16.5. The molecule has 30 heavy (non-hydrogen) atoms. The summed E-state index contributed by atoms with van der Waals surface area (Å²) in [7, 11) is 1.96. The zero-order valence-corrected chi connectivity index (χ0v) is 18.5. The summed E-state index contributed by atoms with van der Waals surface area (Å²) in [5.41, 5.74) is 3.75. The Labute approximate surface area is 178 Å². The number of aliphatic imine (C=N–C) groups is 1. The van der Waals surface area contributed by atoms with E-state index < -0.39 is 0 Å². The van der Waals surface area contributed by atoms with E-state index in [0.717, 1.165) is 56.8 Å². The van der Waals surface area contributed by atoms with Crippen molar-refractivity contribution in [1.29, 1.82) is 0 Å². The molecule has 0 aliphatic carbocycles. The molecule has 3 rings (SSSR count). The van der Waals surface area contributed by atoms with Gasteiger partial charge in [-0.05, 0) is 45.2 Å². The molecule has 0 fully saturated rings. The first-order valence-corrected chi connectivity index (χ1v) is 10.6. The van der Waals surface area contributed by atoms with Gasteiger partial charge in [-0.2, -0.15) is 0 Å². The Morgan fingerprint density at radius 1 is 1.17 bits per heavy atom. The van der Waals surface area contributed by atoms with Crippen LogP contribution in [0, 0.1) is 13.8 Å². The molecule has 1 aromatic carbocycles. The molecule has 2 aromatic heterocycles. The van der Waals surface area contributed by atoms with Gasteiger partial charge in [0.1, 0.15) is 12.4 Å². The Balaban J connectivity index is 1.61. The lowest BCUT2D eigenvalue weighted by Gasteiger charge is -2.13. The van der Waals surface area contributed by atoms with E-state index >= 15 is 0 Å². The van der Waals surface area contributed by atoms with Gasteiger partial charge in [-0.25, -0.2) is 4.99 Å². The van der Waals surface area contributed by atoms with Crippen LogP contribution in [-0.4, -0.2) is 52.0 Å².